The summed E-state index contributed by atoms with van der Waals surface area (Å²) in [7, 11) is 0. The first-order chi connectivity index (χ1) is 14.7. The van der Waals surface area contributed by atoms with Gasteiger partial charge in [0.25, 0.3) is 0 Å². The second-order valence-corrected chi connectivity index (χ2v) is 8.09. The molecule has 0 aromatic heterocycles. The molecule has 0 radical (unpaired) electrons. The van der Waals surface area contributed by atoms with Gasteiger partial charge >= 0.3 is 6.18 Å². The molecule has 1 aliphatic rings. The minimum atomic E-state index is -4.32. The van der Waals surface area contributed by atoms with Crippen molar-refractivity contribution in [3.63, 3.8) is 0 Å². The monoisotopic (exact) mass is 441 g/mol. The highest BCUT2D eigenvalue weighted by Crippen LogP contribution is 2.29. The molecule has 5 nitrogen and oxygen atoms in total. The summed E-state index contributed by atoms with van der Waals surface area (Å²) < 4.78 is 38.0. The van der Waals surface area contributed by atoms with Crippen LogP contribution in [0.2, 0.25) is 0 Å². The van der Waals surface area contributed by atoms with Gasteiger partial charge in [-0.15, -0.1) is 0 Å². The van der Waals surface area contributed by atoms with Crippen molar-refractivity contribution >= 4 is 11.8 Å². The molecule has 0 bridgehead atoms. The predicted molar refractivity (Wildman–Crippen MR) is 114 cm³/mol. The third kappa shape index (κ3) is 8.16. The average molecular weight is 442 g/mol. The van der Waals surface area contributed by atoms with Crippen LogP contribution in [0.3, 0.4) is 0 Å². The van der Waals surface area contributed by atoms with Crippen molar-refractivity contribution in [2.45, 2.75) is 58.7 Å². The van der Waals surface area contributed by atoms with Gasteiger partial charge in [-0.1, -0.05) is 26.0 Å². The molecule has 0 aliphatic carbocycles. The van der Waals surface area contributed by atoms with Crippen molar-refractivity contribution in [2.75, 3.05) is 39.3 Å². The summed E-state index contributed by atoms with van der Waals surface area (Å²) in [5.74, 6) is 0.192. The molecule has 174 valence electrons. The first kappa shape index (κ1) is 25.2. The van der Waals surface area contributed by atoms with Gasteiger partial charge in [0.15, 0.2) is 0 Å². The van der Waals surface area contributed by atoms with Crippen LogP contribution in [0.25, 0.3) is 0 Å². The van der Waals surface area contributed by atoms with Crippen molar-refractivity contribution in [3.05, 3.63) is 35.4 Å². The highest BCUT2D eigenvalue weighted by atomic mass is 19.4. The van der Waals surface area contributed by atoms with Crippen molar-refractivity contribution in [2.24, 2.45) is 0 Å². The Morgan fingerprint density at radius 2 is 1.52 bits per heavy atom. The topological polar surface area (TPSA) is 43.9 Å². The summed E-state index contributed by atoms with van der Waals surface area (Å²) in [6.45, 7) is 8.78. The largest absolute Gasteiger partial charge is 0.416 e. The Labute approximate surface area is 183 Å². The number of benzene rings is 1. The summed E-state index contributed by atoms with van der Waals surface area (Å²) in [5, 5.41) is 0. The number of nitrogens with zero attached hydrogens (tertiary/aromatic N) is 3. The quantitative estimate of drug-likeness (QED) is 0.548. The van der Waals surface area contributed by atoms with Gasteiger partial charge in [0.1, 0.15) is 0 Å². The van der Waals surface area contributed by atoms with E-state index in [-0.39, 0.29) is 11.8 Å². The van der Waals surface area contributed by atoms with E-state index in [1.165, 1.54) is 12.1 Å². The van der Waals surface area contributed by atoms with E-state index < -0.39 is 11.7 Å². The maximum Gasteiger partial charge on any atom is 0.416 e. The fraction of sp³-hybridized carbons (Fsp3) is 0.652. The standard InChI is InChI=1S/C23H34F3N3O2/c1-3-12-28(13-4-2)21(30)6-5-7-22(31)29-16-14-27(15-17-29)18-19-8-10-20(11-9-19)23(24,25)26/h8-11H,3-7,12-18H2,1-2H3. The van der Waals surface area contributed by atoms with E-state index in [0.717, 1.165) is 43.6 Å². The molecule has 0 atom stereocenters. The number of piperazine rings is 1. The number of hydrogen-bond acceptors (Lipinski definition) is 3. The van der Waals surface area contributed by atoms with Crippen LogP contribution in [0.4, 0.5) is 13.2 Å². The Hall–Kier alpha value is -2.09. The molecule has 1 heterocycles. The van der Waals surface area contributed by atoms with Gasteiger partial charge in [-0.3, -0.25) is 14.5 Å². The van der Waals surface area contributed by atoms with Crippen molar-refractivity contribution in [3.8, 4) is 0 Å². The number of carbonyl (C=O) groups is 2. The summed E-state index contributed by atoms with van der Waals surface area (Å²) in [5.41, 5.74) is 0.188. The van der Waals surface area contributed by atoms with Gasteiger partial charge in [0, 0.05) is 58.7 Å². The van der Waals surface area contributed by atoms with E-state index in [0.29, 0.717) is 52.0 Å². The summed E-state index contributed by atoms with van der Waals surface area (Å²) in [6, 6.07) is 5.24. The van der Waals surface area contributed by atoms with Crippen LogP contribution in [0.1, 0.15) is 57.1 Å². The number of halogens is 3. The second-order valence-electron chi connectivity index (χ2n) is 8.09. The Bertz CT molecular complexity index is 693. The molecule has 0 unspecified atom stereocenters. The van der Waals surface area contributed by atoms with Crippen molar-refractivity contribution in [1.29, 1.82) is 0 Å². The zero-order valence-corrected chi connectivity index (χ0v) is 18.6. The fourth-order valence-corrected chi connectivity index (χ4v) is 3.82. The molecule has 1 aromatic rings. The molecule has 0 spiro atoms. The molecule has 31 heavy (non-hydrogen) atoms. The van der Waals surface area contributed by atoms with Gasteiger partial charge < -0.3 is 9.80 Å². The summed E-state index contributed by atoms with van der Waals surface area (Å²) in [6.07, 6.45) is -1.12. The minimum absolute atomic E-state index is 0.0690. The lowest BCUT2D eigenvalue weighted by Gasteiger charge is -2.35. The Morgan fingerprint density at radius 1 is 0.935 bits per heavy atom. The van der Waals surface area contributed by atoms with Gasteiger partial charge in [0.2, 0.25) is 11.8 Å². The molecule has 1 aliphatic heterocycles. The van der Waals surface area contributed by atoms with Gasteiger partial charge in [-0.05, 0) is 37.0 Å². The Morgan fingerprint density at radius 3 is 2.03 bits per heavy atom. The maximum absolute atomic E-state index is 12.7. The molecular weight excluding hydrogens is 407 g/mol. The van der Waals surface area contributed by atoms with Crippen LogP contribution in [-0.2, 0) is 22.3 Å². The van der Waals surface area contributed by atoms with Crippen LogP contribution in [0.15, 0.2) is 24.3 Å². The molecule has 1 aromatic carbocycles. The van der Waals surface area contributed by atoms with Crippen LogP contribution in [0, 0.1) is 0 Å². The van der Waals surface area contributed by atoms with E-state index in [9.17, 15) is 22.8 Å². The molecule has 8 heteroatoms. The third-order valence-corrected chi connectivity index (χ3v) is 5.53. The van der Waals surface area contributed by atoms with Crippen LogP contribution in [-0.4, -0.2) is 65.8 Å². The van der Waals surface area contributed by atoms with Gasteiger partial charge in [0.05, 0.1) is 5.56 Å². The second kappa shape index (κ2) is 12.1. The zero-order chi connectivity index (χ0) is 22.9. The lowest BCUT2D eigenvalue weighted by Crippen LogP contribution is -2.48. The van der Waals surface area contributed by atoms with Crippen LogP contribution >= 0.6 is 0 Å². The first-order valence-electron chi connectivity index (χ1n) is 11.2. The van der Waals surface area contributed by atoms with E-state index in [2.05, 4.69) is 18.7 Å². The Balaban J connectivity index is 1.71. The number of carbonyl (C=O) groups excluding carboxylic acids is 2. The molecule has 0 saturated carbocycles. The minimum Gasteiger partial charge on any atom is -0.343 e. The average Bonchev–Trinajstić information content (AvgIpc) is 2.73. The lowest BCUT2D eigenvalue weighted by molar-refractivity contribution is -0.137. The van der Waals surface area contributed by atoms with E-state index >= 15 is 0 Å². The van der Waals surface area contributed by atoms with Crippen molar-refractivity contribution < 1.29 is 22.8 Å². The fourth-order valence-electron chi connectivity index (χ4n) is 3.82. The van der Waals surface area contributed by atoms with Crippen LogP contribution < -0.4 is 0 Å². The smallest absolute Gasteiger partial charge is 0.343 e. The Kier molecular flexibility index (Phi) is 9.81. The molecule has 1 saturated heterocycles. The lowest BCUT2D eigenvalue weighted by atomic mass is 10.1. The number of amides is 2. The maximum atomic E-state index is 12.7. The van der Waals surface area contributed by atoms with E-state index in [1.807, 2.05) is 9.80 Å². The zero-order valence-electron chi connectivity index (χ0n) is 18.6. The summed E-state index contributed by atoms with van der Waals surface area (Å²) >= 11 is 0. The molecular formula is C23H34F3N3O2. The predicted octanol–water partition coefficient (Wildman–Crippen LogP) is 4.17. The molecule has 2 amide bonds. The normalized spacial score (nSPS) is 15.2. The highest BCUT2D eigenvalue weighted by Gasteiger charge is 2.30. The molecule has 1 fully saturated rings. The van der Waals surface area contributed by atoms with Gasteiger partial charge in [-0.25, -0.2) is 0 Å². The molecule has 0 N–H and O–H groups in total. The number of hydrogen-bond donors (Lipinski definition) is 0. The first-order valence-corrected chi connectivity index (χ1v) is 11.2. The number of alkyl halides is 3. The van der Waals surface area contributed by atoms with E-state index in [1.54, 1.807) is 0 Å². The van der Waals surface area contributed by atoms with Crippen molar-refractivity contribution in [1.82, 2.24) is 14.7 Å². The SMILES string of the molecule is CCCN(CCC)C(=O)CCCC(=O)N1CCN(Cc2ccc(C(F)(F)F)cc2)CC1. The summed E-state index contributed by atoms with van der Waals surface area (Å²) in [4.78, 5) is 30.6. The van der Waals surface area contributed by atoms with Gasteiger partial charge in [-0.2, -0.15) is 13.2 Å². The third-order valence-electron chi connectivity index (χ3n) is 5.53. The number of rotatable bonds is 10. The van der Waals surface area contributed by atoms with Crippen LogP contribution in [0.5, 0.6) is 0 Å². The highest BCUT2D eigenvalue weighted by molar-refractivity contribution is 5.79. The van der Waals surface area contributed by atoms with E-state index in [4.69, 9.17) is 0 Å². The molecule has 2 rings (SSSR count).